The van der Waals surface area contributed by atoms with Gasteiger partial charge in [0, 0.05) is 25.0 Å². The number of anilines is 2. The molecule has 0 spiro atoms. The molecule has 0 radical (unpaired) electrons. The molecule has 1 saturated heterocycles. The first kappa shape index (κ1) is 8.38. The maximum atomic E-state index is 5.28. The van der Waals surface area contributed by atoms with Crippen molar-refractivity contribution in [2.24, 2.45) is 0 Å². The van der Waals surface area contributed by atoms with Gasteiger partial charge in [0.25, 0.3) is 0 Å². The summed E-state index contributed by atoms with van der Waals surface area (Å²) in [6, 6.07) is 8.38. The number of hydrogen-bond donors (Lipinski definition) is 1. The molecule has 1 aromatic carbocycles. The van der Waals surface area contributed by atoms with Crippen LogP contribution in [0.5, 0.6) is 0 Å². The van der Waals surface area contributed by atoms with Crippen LogP contribution in [0.2, 0.25) is 0 Å². The van der Waals surface area contributed by atoms with E-state index >= 15 is 0 Å². The van der Waals surface area contributed by atoms with Gasteiger partial charge < -0.3 is 15.0 Å². The van der Waals surface area contributed by atoms with Crippen LogP contribution in [0, 0.1) is 0 Å². The summed E-state index contributed by atoms with van der Waals surface area (Å²) in [6.07, 6.45) is 0. The number of hydrogen-bond acceptors (Lipinski definition) is 3. The molecule has 1 aliphatic rings. The Kier molecular flexibility index (Phi) is 2.36. The smallest absolute Gasteiger partial charge is 0.119 e. The minimum Gasteiger partial charge on any atom is -0.388 e. The molecule has 1 heterocycles. The SMILES string of the molecule is CNc1ccc(N2CCOC2)cc1. The van der Waals surface area contributed by atoms with Crippen LogP contribution < -0.4 is 10.2 Å². The van der Waals surface area contributed by atoms with Crippen LogP contribution in [0.15, 0.2) is 24.3 Å². The lowest BCUT2D eigenvalue weighted by atomic mass is 10.2. The van der Waals surface area contributed by atoms with Crippen molar-refractivity contribution in [2.45, 2.75) is 0 Å². The van der Waals surface area contributed by atoms with Crippen LogP contribution in [-0.4, -0.2) is 26.9 Å². The minimum absolute atomic E-state index is 0.721. The van der Waals surface area contributed by atoms with Crippen LogP contribution in [0.25, 0.3) is 0 Å². The first-order valence-electron chi connectivity index (χ1n) is 4.50. The summed E-state index contributed by atoms with van der Waals surface area (Å²) < 4.78 is 5.28. The van der Waals surface area contributed by atoms with Crippen LogP contribution in [-0.2, 0) is 4.74 Å². The number of nitrogens with zero attached hydrogens (tertiary/aromatic N) is 1. The fourth-order valence-corrected chi connectivity index (χ4v) is 1.46. The molecule has 0 unspecified atom stereocenters. The van der Waals surface area contributed by atoms with Crippen molar-refractivity contribution in [1.29, 1.82) is 0 Å². The lowest BCUT2D eigenvalue weighted by molar-refractivity contribution is 0.201. The summed E-state index contributed by atoms with van der Waals surface area (Å²) in [5.74, 6) is 0. The number of ether oxygens (including phenoxy) is 1. The van der Waals surface area contributed by atoms with Gasteiger partial charge in [-0.2, -0.15) is 0 Å². The van der Waals surface area contributed by atoms with E-state index in [4.69, 9.17) is 4.74 Å². The second-order valence-electron chi connectivity index (χ2n) is 3.10. The van der Waals surface area contributed by atoms with Crippen molar-refractivity contribution in [1.82, 2.24) is 0 Å². The molecule has 3 nitrogen and oxygen atoms in total. The number of rotatable bonds is 2. The maximum Gasteiger partial charge on any atom is 0.119 e. The molecule has 0 atom stereocenters. The Morgan fingerprint density at radius 3 is 2.62 bits per heavy atom. The lowest BCUT2D eigenvalue weighted by Crippen LogP contribution is -2.18. The van der Waals surface area contributed by atoms with Gasteiger partial charge in [0.05, 0.1) is 6.61 Å². The van der Waals surface area contributed by atoms with Crippen LogP contribution in [0.4, 0.5) is 11.4 Å². The summed E-state index contributed by atoms with van der Waals surface area (Å²) in [7, 11) is 1.92. The Morgan fingerprint density at radius 2 is 2.08 bits per heavy atom. The van der Waals surface area contributed by atoms with Gasteiger partial charge in [0.1, 0.15) is 6.73 Å². The van der Waals surface area contributed by atoms with Gasteiger partial charge in [-0.05, 0) is 24.3 Å². The van der Waals surface area contributed by atoms with Crippen molar-refractivity contribution in [3.8, 4) is 0 Å². The highest BCUT2D eigenvalue weighted by Crippen LogP contribution is 2.19. The minimum atomic E-state index is 0.721. The largest absolute Gasteiger partial charge is 0.388 e. The summed E-state index contributed by atoms with van der Waals surface area (Å²) in [4.78, 5) is 2.22. The van der Waals surface area contributed by atoms with E-state index in [0.717, 1.165) is 25.6 Å². The van der Waals surface area contributed by atoms with Crippen molar-refractivity contribution < 1.29 is 4.74 Å². The third-order valence-corrected chi connectivity index (χ3v) is 2.27. The highest BCUT2D eigenvalue weighted by molar-refractivity contribution is 5.54. The molecular weight excluding hydrogens is 164 g/mol. The quantitative estimate of drug-likeness (QED) is 0.743. The summed E-state index contributed by atoms with van der Waals surface area (Å²) in [6.45, 7) is 2.56. The van der Waals surface area contributed by atoms with Gasteiger partial charge in [0.15, 0.2) is 0 Å². The second kappa shape index (κ2) is 3.66. The summed E-state index contributed by atoms with van der Waals surface area (Å²) in [5.41, 5.74) is 2.38. The van der Waals surface area contributed by atoms with E-state index in [9.17, 15) is 0 Å². The first-order valence-corrected chi connectivity index (χ1v) is 4.50. The van der Waals surface area contributed by atoms with Gasteiger partial charge in [-0.25, -0.2) is 0 Å². The molecule has 0 aliphatic carbocycles. The highest BCUT2D eigenvalue weighted by atomic mass is 16.5. The zero-order valence-electron chi connectivity index (χ0n) is 7.79. The predicted octanol–water partition coefficient (Wildman–Crippen LogP) is 1.52. The highest BCUT2D eigenvalue weighted by Gasteiger charge is 2.11. The van der Waals surface area contributed by atoms with Gasteiger partial charge in [0.2, 0.25) is 0 Å². The van der Waals surface area contributed by atoms with Crippen LogP contribution in [0.3, 0.4) is 0 Å². The molecule has 13 heavy (non-hydrogen) atoms. The Morgan fingerprint density at radius 1 is 1.31 bits per heavy atom. The van der Waals surface area contributed by atoms with E-state index in [1.165, 1.54) is 5.69 Å². The summed E-state index contributed by atoms with van der Waals surface area (Å²) in [5, 5.41) is 3.09. The average molecular weight is 178 g/mol. The average Bonchev–Trinajstić information content (AvgIpc) is 2.71. The normalized spacial score (nSPS) is 16.2. The molecule has 0 bridgehead atoms. The van der Waals surface area contributed by atoms with E-state index in [2.05, 4.69) is 34.5 Å². The van der Waals surface area contributed by atoms with Gasteiger partial charge in [-0.15, -0.1) is 0 Å². The molecule has 0 saturated carbocycles. The van der Waals surface area contributed by atoms with Gasteiger partial charge in [-0.3, -0.25) is 0 Å². The van der Waals surface area contributed by atoms with Crippen molar-refractivity contribution >= 4 is 11.4 Å². The second-order valence-corrected chi connectivity index (χ2v) is 3.10. The van der Waals surface area contributed by atoms with Crippen molar-refractivity contribution in [2.75, 3.05) is 37.1 Å². The Bertz CT molecular complexity index is 265. The van der Waals surface area contributed by atoms with E-state index in [1.807, 2.05) is 7.05 Å². The molecule has 1 aromatic rings. The van der Waals surface area contributed by atoms with Gasteiger partial charge in [-0.1, -0.05) is 0 Å². The van der Waals surface area contributed by atoms with Crippen molar-refractivity contribution in [3.05, 3.63) is 24.3 Å². The van der Waals surface area contributed by atoms with E-state index < -0.39 is 0 Å². The molecule has 0 amide bonds. The molecule has 1 aliphatic heterocycles. The molecule has 70 valence electrons. The third-order valence-electron chi connectivity index (χ3n) is 2.27. The van der Waals surface area contributed by atoms with Crippen LogP contribution in [0.1, 0.15) is 0 Å². The first-order chi connectivity index (χ1) is 6.40. The molecule has 0 aromatic heterocycles. The zero-order chi connectivity index (χ0) is 9.10. The Labute approximate surface area is 78.3 Å². The Balaban J connectivity index is 2.12. The third kappa shape index (κ3) is 1.75. The Hall–Kier alpha value is -1.22. The summed E-state index contributed by atoms with van der Waals surface area (Å²) >= 11 is 0. The van der Waals surface area contributed by atoms with Crippen molar-refractivity contribution in [3.63, 3.8) is 0 Å². The molecule has 2 rings (SSSR count). The maximum absolute atomic E-state index is 5.28. The van der Waals surface area contributed by atoms with Gasteiger partial charge >= 0.3 is 0 Å². The van der Waals surface area contributed by atoms with E-state index in [1.54, 1.807) is 0 Å². The molecule has 1 fully saturated rings. The van der Waals surface area contributed by atoms with E-state index in [-0.39, 0.29) is 0 Å². The topological polar surface area (TPSA) is 24.5 Å². The van der Waals surface area contributed by atoms with E-state index in [0.29, 0.717) is 0 Å². The number of nitrogens with one attached hydrogen (secondary N) is 1. The van der Waals surface area contributed by atoms with Crippen LogP contribution >= 0.6 is 0 Å². The standard InChI is InChI=1S/C10H14N2O/c1-11-9-2-4-10(5-3-9)12-6-7-13-8-12/h2-5,11H,6-8H2,1H3. The monoisotopic (exact) mass is 178 g/mol. The molecular formula is C10H14N2O. The fourth-order valence-electron chi connectivity index (χ4n) is 1.46. The fraction of sp³-hybridized carbons (Fsp3) is 0.400. The lowest BCUT2D eigenvalue weighted by Gasteiger charge is -2.15. The molecule has 1 N–H and O–H groups in total. The predicted molar refractivity (Wildman–Crippen MR) is 54.2 cm³/mol. The molecule has 3 heteroatoms. The number of benzene rings is 1. The zero-order valence-corrected chi connectivity index (χ0v) is 7.79.